The van der Waals surface area contributed by atoms with Crippen LogP contribution in [0.3, 0.4) is 0 Å². The first-order chi connectivity index (χ1) is 15.3. The number of carbonyl (C=O) groups excluding carboxylic acids is 2. The molecule has 0 aromatic heterocycles. The predicted octanol–water partition coefficient (Wildman–Crippen LogP) is 3.64. The lowest BCUT2D eigenvalue weighted by atomic mass is 9.77. The quantitative estimate of drug-likeness (QED) is 0.730. The van der Waals surface area contributed by atoms with Crippen molar-refractivity contribution < 1.29 is 19.4 Å². The zero-order chi connectivity index (χ0) is 22.6. The van der Waals surface area contributed by atoms with Crippen molar-refractivity contribution in [3.05, 3.63) is 57.8 Å². The molecule has 1 amide bonds. The number of nitrogens with zero attached hydrogens (tertiary/aromatic N) is 2. The molecule has 1 N–H and O–H groups in total. The van der Waals surface area contributed by atoms with Gasteiger partial charge in [-0.15, -0.1) is 0 Å². The van der Waals surface area contributed by atoms with Crippen molar-refractivity contribution in [3.8, 4) is 0 Å². The van der Waals surface area contributed by atoms with Crippen LogP contribution < -0.4 is 0 Å². The van der Waals surface area contributed by atoms with Crippen molar-refractivity contribution in [3.63, 3.8) is 0 Å². The minimum atomic E-state index is -0.607. The van der Waals surface area contributed by atoms with Crippen LogP contribution in [-0.4, -0.2) is 53.0 Å². The number of ether oxygens (including phenoxy) is 1. The standard InChI is InChI=1S/C26H32N2O4/c1-16-4-7-22(17(16)2)28-15-26(12-24(28)30)8-10-27(11-9-26)13-23(29)19-5-6-20-21(18(19)3)14-32-25(20)31/h5-6,23,29H,1,4,7-15H2,2-3H3/t23-/m0/s1. The van der Waals surface area contributed by atoms with Gasteiger partial charge in [-0.1, -0.05) is 18.2 Å². The number of carbonyl (C=O) groups is 2. The maximum atomic E-state index is 12.9. The van der Waals surface area contributed by atoms with E-state index in [0.717, 1.165) is 67.6 Å². The molecule has 0 saturated carbocycles. The van der Waals surface area contributed by atoms with Crippen LogP contribution in [0.2, 0.25) is 0 Å². The molecular formula is C26H32N2O4. The number of hydrogen-bond acceptors (Lipinski definition) is 5. The average molecular weight is 437 g/mol. The second-order valence-corrected chi connectivity index (χ2v) is 10.0. The number of esters is 1. The topological polar surface area (TPSA) is 70.1 Å². The molecule has 3 aliphatic heterocycles. The van der Waals surface area contributed by atoms with Gasteiger partial charge in [0.2, 0.25) is 5.91 Å². The van der Waals surface area contributed by atoms with Crippen molar-refractivity contribution in [2.75, 3.05) is 26.2 Å². The van der Waals surface area contributed by atoms with E-state index < -0.39 is 6.10 Å². The van der Waals surface area contributed by atoms with Crippen LogP contribution in [0, 0.1) is 12.3 Å². The molecule has 3 heterocycles. The zero-order valence-corrected chi connectivity index (χ0v) is 19.1. The Labute approximate surface area is 189 Å². The first-order valence-corrected chi connectivity index (χ1v) is 11.7. The largest absolute Gasteiger partial charge is 0.457 e. The normalized spacial score (nSPS) is 24.0. The van der Waals surface area contributed by atoms with Crippen LogP contribution in [0.5, 0.6) is 0 Å². The van der Waals surface area contributed by atoms with E-state index in [0.29, 0.717) is 25.1 Å². The summed E-state index contributed by atoms with van der Waals surface area (Å²) < 4.78 is 5.14. The van der Waals surface area contributed by atoms with Crippen LogP contribution in [0.15, 0.2) is 35.6 Å². The van der Waals surface area contributed by atoms with Crippen LogP contribution in [-0.2, 0) is 16.1 Å². The summed E-state index contributed by atoms with van der Waals surface area (Å²) in [6.07, 6.45) is 3.86. The fraction of sp³-hybridized carbons (Fsp3) is 0.538. The van der Waals surface area contributed by atoms with Crippen molar-refractivity contribution in [1.29, 1.82) is 0 Å². The third kappa shape index (κ3) is 3.50. The van der Waals surface area contributed by atoms with Crippen molar-refractivity contribution in [1.82, 2.24) is 9.80 Å². The van der Waals surface area contributed by atoms with E-state index in [1.807, 2.05) is 17.9 Å². The molecule has 0 radical (unpaired) electrons. The molecule has 6 heteroatoms. The minimum absolute atomic E-state index is 0.0525. The van der Waals surface area contributed by atoms with Crippen LogP contribution in [0.4, 0.5) is 0 Å². The SMILES string of the molecule is C=C1CCC(N2CC3(CCN(C[C@H](O)c4ccc5c(c4C)COC5=O)CC3)CC2=O)=C1C. The van der Waals surface area contributed by atoms with Crippen LogP contribution in [0.25, 0.3) is 0 Å². The Bertz CT molecular complexity index is 1030. The summed E-state index contributed by atoms with van der Waals surface area (Å²) in [6, 6.07) is 3.63. The summed E-state index contributed by atoms with van der Waals surface area (Å²) in [7, 11) is 0. The van der Waals surface area contributed by atoms with E-state index >= 15 is 0 Å². The number of benzene rings is 1. The van der Waals surface area contributed by atoms with Gasteiger partial charge in [-0.25, -0.2) is 4.79 Å². The molecule has 32 heavy (non-hydrogen) atoms. The van der Waals surface area contributed by atoms with E-state index in [4.69, 9.17) is 4.74 Å². The molecule has 1 aromatic carbocycles. The molecule has 170 valence electrons. The molecule has 1 aromatic rings. The smallest absolute Gasteiger partial charge is 0.338 e. The van der Waals surface area contributed by atoms with Crippen LogP contribution in [0.1, 0.15) is 72.2 Å². The number of fused-ring (bicyclic) bond motifs is 1. The van der Waals surface area contributed by atoms with Gasteiger partial charge in [-0.3, -0.25) is 4.79 Å². The highest BCUT2D eigenvalue weighted by Crippen LogP contribution is 2.45. The van der Waals surface area contributed by atoms with E-state index in [2.05, 4.69) is 18.4 Å². The highest BCUT2D eigenvalue weighted by Gasteiger charge is 2.46. The molecule has 1 spiro atoms. The second-order valence-electron chi connectivity index (χ2n) is 10.0. The Balaban J connectivity index is 1.22. The molecular weight excluding hydrogens is 404 g/mol. The van der Waals surface area contributed by atoms with Crippen molar-refractivity contribution in [2.24, 2.45) is 5.41 Å². The fourth-order valence-corrected chi connectivity index (χ4v) is 5.94. The highest BCUT2D eigenvalue weighted by molar-refractivity contribution is 5.94. The van der Waals surface area contributed by atoms with Gasteiger partial charge in [0.05, 0.1) is 11.7 Å². The van der Waals surface area contributed by atoms with E-state index in [1.54, 1.807) is 6.07 Å². The molecule has 4 aliphatic rings. The average Bonchev–Trinajstić information content (AvgIpc) is 3.41. The summed E-state index contributed by atoms with van der Waals surface area (Å²) in [4.78, 5) is 29.0. The first kappa shape index (κ1) is 21.4. The molecule has 2 saturated heterocycles. The number of aliphatic hydroxyl groups excluding tert-OH is 1. The number of cyclic esters (lactones) is 1. The summed E-state index contributed by atoms with van der Waals surface area (Å²) >= 11 is 0. The third-order valence-electron chi connectivity index (χ3n) is 8.19. The lowest BCUT2D eigenvalue weighted by Crippen LogP contribution is -2.43. The Morgan fingerprint density at radius 3 is 2.62 bits per heavy atom. The number of likely N-dealkylation sites (tertiary alicyclic amines) is 2. The number of rotatable bonds is 4. The Hall–Kier alpha value is -2.44. The van der Waals surface area contributed by atoms with Crippen molar-refractivity contribution >= 4 is 11.9 Å². The maximum Gasteiger partial charge on any atom is 0.338 e. The summed E-state index contributed by atoms with van der Waals surface area (Å²) in [5.41, 5.74) is 6.93. The molecule has 0 unspecified atom stereocenters. The summed E-state index contributed by atoms with van der Waals surface area (Å²) in [6.45, 7) is 11.6. The predicted molar refractivity (Wildman–Crippen MR) is 121 cm³/mol. The number of hydrogen-bond donors (Lipinski definition) is 1. The minimum Gasteiger partial charge on any atom is -0.457 e. The zero-order valence-electron chi connectivity index (χ0n) is 19.1. The van der Waals surface area contributed by atoms with Crippen molar-refractivity contribution in [2.45, 2.75) is 58.7 Å². The maximum absolute atomic E-state index is 12.9. The second kappa shape index (κ2) is 7.85. The molecule has 1 atom stereocenters. The van der Waals surface area contributed by atoms with E-state index in [1.165, 1.54) is 11.3 Å². The van der Waals surface area contributed by atoms with E-state index in [9.17, 15) is 14.7 Å². The monoisotopic (exact) mass is 436 g/mol. The lowest BCUT2D eigenvalue weighted by molar-refractivity contribution is -0.126. The number of piperidine rings is 1. The van der Waals surface area contributed by atoms with Gasteiger partial charge in [0.15, 0.2) is 0 Å². The lowest BCUT2D eigenvalue weighted by Gasteiger charge is -2.39. The molecule has 1 aliphatic carbocycles. The molecule has 0 bridgehead atoms. The number of amides is 1. The Morgan fingerprint density at radius 1 is 1.19 bits per heavy atom. The van der Waals surface area contributed by atoms with Gasteiger partial charge in [-0.2, -0.15) is 0 Å². The summed E-state index contributed by atoms with van der Waals surface area (Å²) in [5, 5.41) is 10.9. The van der Waals surface area contributed by atoms with Gasteiger partial charge in [0, 0.05) is 30.8 Å². The Morgan fingerprint density at radius 2 is 1.94 bits per heavy atom. The van der Waals surface area contributed by atoms with E-state index in [-0.39, 0.29) is 17.3 Å². The Kier molecular flexibility index (Phi) is 5.25. The number of allylic oxidation sites excluding steroid dienone is 3. The molecule has 5 rings (SSSR count). The van der Waals surface area contributed by atoms with Gasteiger partial charge in [0.25, 0.3) is 0 Å². The highest BCUT2D eigenvalue weighted by atomic mass is 16.5. The summed E-state index contributed by atoms with van der Waals surface area (Å²) in [5.74, 6) is -0.0217. The van der Waals surface area contributed by atoms with Gasteiger partial charge in [0.1, 0.15) is 6.61 Å². The third-order valence-corrected chi connectivity index (χ3v) is 8.19. The van der Waals surface area contributed by atoms with Gasteiger partial charge >= 0.3 is 5.97 Å². The van der Waals surface area contributed by atoms with Gasteiger partial charge < -0.3 is 19.6 Å². The molecule has 2 fully saturated rings. The molecule has 6 nitrogen and oxygen atoms in total. The number of aliphatic hydroxyl groups is 1. The van der Waals surface area contributed by atoms with Crippen LogP contribution >= 0.6 is 0 Å². The fourth-order valence-electron chi connectivity index (χ4n) is 5.94. The van der Waals surface area contributed by atoms with Gasteiger partial charge in [-0.05, 0) is 80.8 Å². The first-order valence-electron chi connectivity index (χ1n) is 11.7. The number of β-amino-alcohol motifs (C(OH)–C–C–N with tert-alkyl or cyclic N) is 1.